The van der Waals surface area contributed by atoms with Gasteiger partial charge in [0.2, 0.25) is 5.95 Å². The van der Waals surface area contributed by atoms with Gasteiger partial charge < -0.3 is 15.5 Å². The van der Waals surface area contributed by atoms with Gasteiger partial charge >= 0.3 is 0 Å². The van der Waals surface area contributed by atoms with Crippen molar-refractivity contribution in [2.45, 2.75) is 37.8 Å². The summed E-state index contributed by atoms with van der Waals surface area (Å²) in [6.07, 6.45) is 3.54. The lowest BCUT2D eigenvalue weighted by Crippen LogP contribution is -2.40. The minimum Gasteiger partial charge on any atom is -0.362 e. The number of nitrogens with zero attached hydrogens (tertiary/aromatic N) is 3. The fourth-order valence-corrected chi connectivity index (χ4v) is 4.86. The Morgan fingerprint density at radius 3 is 2.16 bits per heavy atom. The fourth-order valence-electron chi connectivity index (χ4n) is 4.86. The molecule has 0 atom stereocenters. The van der Waals surface area contributed by atoms with E-state index in [1.807, 2.05) is 61.5 Å². The number of benzene rings is 3. The third-order valence-electron chi connectivity index (χ3n) is 6.83. The second-order valence-corrected chi connectivity index (χ2v) is 9.72. The van der Waals surface area contributed by atoms with Crippen LogP contribution >= 0.6 is 0 Å². The summed E-state index contributed by atoms with van der Waals surface area (Å²) in [5.41, 5.74) is 2.54. The minimum atomic E-state index is -0.146. The van der Waals surface area contributed by atoms with Crippen LogP contribution in [0.25, 0.3) is 10.9 Å². The minimum absolute atomic E-state index is 0.0878. The Labute approximate surface area is 216 Å². The Hall–Kier alpha value is -4.26. The van der Waals surface area contributed by atoms with E-state index in [2.05, 4.69) is 10.6 Å². The van der Waals surface area contributed by atoms with Crippen LogP contribution in [0.1, 0.15) is 52.0 Å². The lowest BCUT2D eigenvalue weighted by atomic mass is 9.91. The van der Waals surface area contributed by atoms with Gasteiger partial charge in [0.05, 0.1) is 5.52 Å². The van der Waals surface area contributed by atoms with Crippen molar-refractivity contribution in [3.63, 3.8) is 0 Å². The standard InChI is InChI=1S/C30H31N5O2/c1-35(2)28-25-13-6-7-14-26(25)33-30(34-28)32-24-17-15-23(16-18-24)31-29(37)22-12-8-11-21(19-22)27(36)20-9-4-3-5-10-20/h3-14,19,23-24H,15-18H2,1-2H3,(H,31,37)(H,32,33,34)/t23-,24+. The average Bonchev–Trinajstić information content (AvgIpc) is 2.93. The molecule has 0 aliphatic heterocycles. The predicted molar refractivity (Wildman–Crippen MR) is 147 cm³/mol. The molecule has 0 bridgehead atoms. The maximum absolute atomic E-state index is 13.0. The number of anilines is 2. The Bertz CT molecular complexity index is 1410. The number of rotatable bonds is 7. The van der Waals surface area contributed by atoms with Gasteiger partial charge in [-0.1, -0.05) is 54.6 Å². The van der Waals surface area contributed by atoms with E-state index >= 15 is 0 Å². The molecule has 7 nitrogen and oxygen atoms in total. The van der Waals surface area contributed by atoms with Gasteiger partial charge in [0.25, 0.3) is 5.91 Å². The summed E-state index contributed by atoms with van der Waals surface area (Å²) in [4.78, 5) is 37.2. The molecule has 0 unspecified atom stereocenters. The highest BCUT2D eigenvalue weighted by molar-refractivity contribution is 6.10. The van der Waals surface area contributed by atoms with Crippen LogP contribution in [-0.4, -0.2) is 47.8 Å². The summed E-state index contributed by atoms with van der Waals surface area (Å²) >= 11 is 0. The van der Waals surface area contributed by atoms with Crippen molar-refractivity contribution < 1.29 is 9.59 Å². The molecule has 1 aromatic heterocycles. The Morgan fingerprint density at radius 2 is 1.41 bits per heavy atom. The first kappa shape index (κ1) is 24.4. The smallest absolute Gasteiger partial charge is 0.251 e. The van der Waals surface area contributed by atoms with Gasteiger partial charge in [-0.2, -0.15) is 4.98 Å². The van der Waals surface area contributed by atoms with Crippen molar-refractivity contribution in [2.24, 2.45) is 0 Å². The second-order valence-electron chi connectivity index (χ2n) is 9.72. The number of aromatic nitrogens is 2. The summed E-state index contributed by atoms with van der Waals surface area (Å²) in [6, 6.07) is 24.4. The van der Waals surface area contributed by atoms with Crippen molar-refractivity contribution in [3.05, 3.63) is 95.6 Å². The lowest BCUT2D eigenvalue weighted by Gasteiger charge is -2.30. The van der Waals surface area contributed by atoms with E-state index in [0.29, 0.717) is 22.6 Å². The van der Waals surface area contributed by atoms with E-state index in [4.69, 9.17) is 9.97 Å². The molecular weight excluding hydrogens is 462 g/mol. The highest BCUT2D eigenvalue weighted by Crippen LogP contribution is 2.26. The molecule has 0 saturated heterocycles. The zero-order valence-corrected chi connectivity index (χ0v) is 21.1. The molecular formula is C30H31N5O2. The van der Waals surface area contributed by atoms with Gasteiger partial charge in [-0.3, -0.25) is 9.59 Å². The molecule has 2 N–H and O–H groups in total. The van der Waals surface area contributed by atoms with Crippen molar-refractivity contribution in [3.8, 4) is 0 Å². The largest absolute Gasteiger partial charge is 0.362 e. The maximum atomic E-state index is 13.0. The van der Waals surface area contributed by atoms with Crippen molar-refractivity contribution in [1.82, 2.24) is 15.3 Å². The zero-order chi connectivity index (χ0) is 25.8. The van der Waals surface area contributed by atoms with Crippen LogP contribution in [0.3, 0.4) is 0 Å². The molecule has 0 spiro atoms. The average molecular weight is 494 g/mol. The molecule has 5 rings (SSSR count). The van der Waals surface area contributed by atoms with E-state index in [9.17, 15) is 9.59 Å². The van der Waals surface area contributed by atoms with Gasteiger partial charge in [0.1, 0.15) is 5.82 Å². The predicted octanol–water partition coefficient (Wildman–Crippen LogP) is 5.08. The maximum Gasteiger partial charge on any atom is 0.251 e. The quantitative estimate of drug-likeness (QED) is 0.349. The summed E-state index contributed by atoms with van der Waals surface area (Å²) in [5.74, 6) is 1.29. The molecule has 188 valence electrons. The van der Waals surface area contributed by atoms with Crippen molar-refractivity contribution in [2.75, 3.05) is 24.3 Å². The molecule has 1 fully saturated rings. The van der Waals surface area contributed by atoms with E-state index in [0.717, 1.165) is 42.4 Å². The highest BCUT2D eigenvalue weighted by atomic mass is 16.1. The molecule has 1 heterocycles. The zero-order valence-electron chi connectivity index (χ0n) is 21.1. The number of ketones is 1. The monoisotopic (exact) mass is 493 g/mol. The van der Waals surface area contributed by atoms with Gasteiger partial charge in [-0.05, 0) is 49.9 Å². The molecule has 7 heteroatoms. The van der Waals surface area contributed by atoms with Crippen LogP contribution in [0.15, 0.2) is 78.9 Å². The van der Waals surface area contributed by atoms with Crippen molar-refractivity contribution >= 4 is 34.4 Å². The Morgan fingerprint density at radius 1 is 0.757 bits per heavy atom. The molecule has 1 aliphatic carbocycles. The second kappa shape index (κ2) is 10.8. The van der Waals surface area contributed by atoms with Gasteiger partial charge in [-0.25, -0.2) is 4.98 Å². The molecule has 0 radical (unpaired) electrons. The van der Waals surface area contributed by atoms with E-state index in [-0.39, 0.29) is 23.8 Å². The van der Waals surface area contributed by atoms with E-state index in [1.54, 1.807) is 36.4 Å². The number of nitrogens with one attached hydrogen (secondary N) is 2. The Kier molecular flexibility index (Phi) is 7.12. The lowest BCUT2D eigenvalue weighted by molar-refractivity contribution is 0.0926. The third kappa shape index (κ3) is 5.61. The Balaban J connectivity index is 1.19. The summed E-state index contributed by atoms with van der Waals surface area (Å²) in [6.45, 7) is 0. The van der Waals surface area contributed by atoms with Crippen molar-refractivity contribution in [1.29, 1.82) is 0 Å². The first-order valence-corrected chi connectivity index (χ1v) is 12.7. The van der Waals surface area contributed by atoms with Gasteiger partial charge in [-0.15, -0.1) is 0 Å². The number of para-hydroxylation sites is 1. The van der Waals surface area contributed by atoms with Crippen LogP contribution in [0.4, 0.5) is 11.8 Å². The summed E-state index contributed by atoms with van der Waals surface area (Å²) < 4.78 is 0. The number of carbonyl (C=O) groups is 2. The van der Waals surface area contributed by atoms with E-state index in [1.165, 1.54) is 0 Å². The third-order valence-corrected chi connectivity index (χ3v) is 6.83. The topological polar surface area (TPSA) is 87.2 Å². The molecule has 1 saturated carbocycles. The summed E-state index contributed by atoms with van der Waals surface area (Å²) in [5, 5.41) is 7.69. The van der Waals surface area contributed by atoms with Crippen LogP contribution in [0.2, 0.25) is 0 Å². The van der Waals surface area contributed by atoms with Gasteiger partial charge in [0.15, 0.2) is 5.78 Å². The number of carbonyl (C=O) groups excluding carboxylic acids is 2. The normalized spacial score (nSPS) is 17.2. The van der Waals surface area contributed by atoms with Crippen LogP contribution in [0, 0.1) is 0 Å². The van der Waals surface area contributed by atoms with Gasteiger partial charge in [0, 0.05) is 48.3 Å². The number of amides is 1. The van der Waals surface area contributed by atoms with Crippen LogP contribution in [0.5, 0.6) is 0 Å². The first-order chi connectivity index (χ1) is 18.0. The number of fused-ring (bicyclic) bond motifs is 1. The number of hydrogen-bond donors (Lipinski definition) is 2. The molecule has 3 aromatic carbocycles. The summed E-state index contributed by atoms with van der Waals surface area (Å²) in [7, 11) is 3.97. The van der Waals surface area contributed by atoms with Crippen LogP contribution < -0.4 is 15.5 Å². The molecule has 4 aromatic rings. The van der Waals surface area contributed by atoms with E-state index < -0.39 is 0 Å². The van der Waals surface area contributed by atoms with Crippen LogP contribution in [-0.2, 0) is 0 Å². The fraction of sp³-hybridized carbons (Fsp3) is 0.267. The first-order valence-electron chi connectivity index (χ1n) is 12.7. The highest BCUT2D eigenvalue weighted by Gasteiger charge is 2.24. The molecule has 1 aliphatic rings. The molecule has 1 amide bonds. The SMILES string of the molecule is CN(C)c1nc(N[C@H]2CC[C@@H](NC(=O)c3cccc(C(=O)c4ccccc4)c3)CC2)nc2ccccc12. The number of hydrogen-bond acceptors (Lipinski definition) is 6. The molecule has 37 heavy (non-hydrogen) atoms.